The molecule has 0 saturated heterocycles. The fraction of sp³-hybridized carbons (Fsp3) is 0.889. The van der Waals surface area contributed by atoms with Crippen LogP contribution in [0.2, 0.25) is 0 Å². The first-order valence-corrected chi connectivity index (χ1v) is 8.94. The predicted octanol–water partition coefficient (Wildman–Crippen LogP) is 2.59. The van der Waals surface area contributed by atoms with Crippen molar-refractivity contribution in [3.05, 3.63) is 0 Å². The summed E-state index contributed by atoms with van der Waals surface area (Å²) in [7, 11) is 0. The van der Waals surface area contributed by atoms with Crippen LogP contribution in [0.4, 0.5) is 0 Å². The molecule has 0 bridgehead atoms. The fourth-order valence-electron chi connectivity index (χ4n) is 2.10. The van der Waals surface area contributed by atoms with Gasteiger partial charge in [0.2, 0.25) is 0 Å². The minimum absolute atomic E-state index is 0. The molecule has 4 nitrogen and oxygen atoms in total. The Balaban J connectivity index is -0.000000333. The van der Waals surface area contributed by atoms with Gasteiger partial charge in [-0.05, 0) is 25.7 Å². The van der Waals surface area contributed by atoms with Crippen LogP contribution < -0.4 is 10.2 Å². The van der Waals surface area contributed by atoms with Crippen molar-refractivity contribution in [2.24, 2.45) is 0 Å². The van der Waals surface area contributed by atoms with Gasteiger partial charge in [-0.15, -0.1) is 0 Å². The van der Waals surface area contributed by atoms with Crippen molar-refractivity contribution in [2.75, 3.05) is 0 Å². The third-order valence-corrected chi connectivity index (χ3v) is 3.47. The minimum atomic E-state index is -0.916. The number of unbranched alkanes of at least 4 members (excludes halogenated alkanes) is 10. The largest absolute Gasteiger partial charge is 2.00 e. The maximum Gasteiger partial charge on any atom is 2.00 e. The predicted molar refractivity (Wildman–Crippen MR) is 91.8 cm³/mol. The molecule has 0 heterocycles. The Kier molecular flexibility index (Phi) is 29.8. The normalized spacial score (nSPS) is 9.48. The van der Waals surface area contributed by atoms with E-state index in [4.69, 9.17) is 0 Å². The van der Waals surface area contributed by atoms with E-state index >= 15 is 0 Å². The number of rotatable bonds is 14. The van der Waals surface area contributed by atoms with Gasteiger partial charge in [-0.2, -0.15) is 0 Å². The van der Waals surface area contributed by atoms with Crippen LogP contribution in [0.5, 0.6) is 0 Å². The summed E-state index contributed by atoms with van der Waals surface area (Å²) in [5.74, 6) is -1.83. The molecule has 0 aromatic rings. The summed E-state index contributed by atoms with van der Waals surface area (Å²) in [6.07, 6.45) is 13.9. The molecule has 0 aliphatic rings. The molecule has 0 atom stereocenters. The summed E-state index contributed by atoms with van der Waals surface area (Å²) in [6.45, 7) is 4.34. The summed E-state index contributed by atoms with van der Waals surface area (Å²) in [4.78, 5) is 20.0. The molecule has 0 aromatic carbocycles. The monoisotopic (exact) mass is 354 g/mol. The molecule has 0 unspecified atom stereocenters. The molecule has 132 valence electrons. The van der Waals surface area contributed by atoms with Gasteiger partial charge in [0.25, 0.3) is 0 Å². The van der Waals surface area contributed by atoms with E-state index < -0.39 is 11.9 Å². The third kappa shape index (κ3) is 34.5. The second-order valence-corrected chi connectivity index (χ2v) is 5.78. The SMILES string of the molecule is CCCCCCCCC(=O)[O-].CCCCCCCCC(=O)[O-].[Ca+2]. The smallest absolute Gasteiger partial charge is 0.550 e. The van der Waals surface area contributed by atoms with Gasteiger partial charge in [0, 0.05) is 11.9 Å². The Hall–Kier alpha value is 0.200. The van der Waals surface area contributed by atoms with Crippen LogP contribution in [-0.2, 0) is 9.59 Å². The number of hydrogen-bond acceptors (Lipinski definition) is 4. The Morgan fingerprint density at radius 1 is 0.565 bits per heavy atom. The Morgan fingerprint density at radius 3 is 1.09 bits per heavy atom. The summed E-state index contributed by atoms with van der Waals surface area (Å²) in [5, 5.41) is 20.0. The molecule has 5 heteroatoms. The van der Waals surface area contributed by atoms with Gasteiger partial charge in [-0.3, -0.25) is 0 Å². The minimum Gasteiger partial charge on any atom is -0.550 e. The molecule has 0 radical (unpaired) electrons. The van der Waals surface area contributed by atoms with Crippen molar-refractivity contribution in [1.29, 1.82) is 0 Å². The van der Waals surface area contributed by atoms with E-state index in [2.05, 4.69) is 13.8 Å². The molecule has 0 N–H and O–H groups in total. The number of hydrogen-bond donors (Lipinski definition) is 0. The molecular formula is C18H34CaO4. The van der Waals surface area contributed by atoms with Crippen LogP contribution in [0, 0.1) is 0 Å². The number of aliphatic carboxylic acids is 2. The molecule has 0 amide bonds. The zero-order chi connectivity index (χ0) is 17.1. The molecule has 0 saturated carbocycles. The van der Waals surface area contributed by atoms with Crippen molar-refractivity contribution >= 4 is 49.7 Å². The molecule has 0 rings (SSSR count). The van der Waals surface area contributed by atoms with Crippen LogP contribution in [0.25, 0.3) is 0 Å². The van der Waals surface area contributed by atoms with Crippen molar-refractivity contribution in [2.45, 2.75) is 104 Å². The van der Waals surface area contributed by atoms with Gasteiger partial charge in [-0.1, -0.05) is 78.1 Å². The van der Waals surface area contributed by atoms with Crippen molar-refractivity contribution in [1.82, 2.24) is 0 Å². The van der Waals surface area contributed by atoms with Crippen LogP contribution >= 0.6 is 0 Å². The van der Waals surface area contributed by atoms with E-state index in [9.17, 15) is 19.8 Å². The summed E-state index contributed by atoms with van der Waals surface area (Å²) >= 11 is 0. The second-order valence-electron chi connectivity index (χ2n) is 5.78. The van der Waals surface area contributed by atoms with E-state index in [1.54, 1.807) is 0 Å². The maximum atomic E-state index is 9.98. The first kappa shape index (κ1) is 28.0. The Labute approximate surface area is 172 Å². The zero-order valence-corrected chi connectivity index (χ0v) is 17.4. The van der Waals surface area contributed by atoms with Crippen molar-refractivity contribution in [3.63, 3.8) is 0 Å². The van der Waals surface area contributed by atoms with Gasteiger partial charge < -0.3 is 19.8 Å². The van der Waals surface area contributed by atoms with Crippen LogP contribution in [0.15, 0.2) is 0 Å². The summed E-state index contributed by atoms with van der Waals surface area (Å²) in [6, 6.07) is 0. The van der Waals surface area contributed by atoms with E-state index in [1.165, 1.54) is 51.4 Å². The third-order valence-electron chi connectivity index (χ3n) is 3.47. The van der Waals surface area contributed by atoms with Gasteiger partial charge in [0.1, 0.15) is 0 Å². The van der Waals surface area contributed by atoms with Crippen LogP contribution in [-0.4, -0.2) is 49.7 Å². The Morgan fingerprint density at radius 2 is 0.826 bits per heavy atom. The second kappa shape index (κ2) is 24.5. The number of carbonyl (C=O) groups is 2. The molecule has 23 heavy (non-hydrogen) atoms. The average molecular weight is 355 g/mol. The van der Waals surface area contributed by atoms with Crippen LogP contribution in [0.1, 0.15) is 104 Å². The van der Waals surface area contributed by atoms with E-state index in [-0.39, 0.29) is 50.6 Å². The quantitative estimate of drug-likeness (QED) is 0.355. The first-order valence-electron chi connectivity index (χ1n) is 8.94. The number of carboxylic acid groups (broad SMARTS) is 2. The molecule has 0 aliphatic heterocycles. The molecule has 0 aliphatic carbocycles. The summed E-state index contributed by atoms with van der Waals surface area (Å²) < 4.78 is 0. The van der Waals surface area contributed by atoms with E-state index in [1.807, 2.05) is 0 Å². The van der Waals surface area contributed by atoms with E-state index in [0.717, 1.165) is 25.7 Å². The Bertz CT molecular complexity index is 231. The van der Waals surface area contributed by atoms with Crippen molar-refractivity contribution < 1.29 is 19.8 Å². The number of carbonyl (C=O) groups excluding carboxylic acids is 2. The van der Waals surface area contributed by atoms with E-state index in [0.29, 0.717) is 0 Å². The zero-order valence-electron chi connectivity index (χ0n) is 15.2. The topological polar surface area (TPSA) is 80.3 Å². The molecule has 0 spiro atoms. The van der Waals surface area contributed by atoms with Crippen LogP contribution in [0.3, 0.4) is 0 Å². The molecular weight excluding hydrogens is 320 g/mol. The average Bonchev–Trinajstić information content (AvgIpc) is 2.46. The fourth-order valence-corrected chi connectivity index (χ4v) is 2.10. The summed E-state index contributed by atoms with van der Waals surface area (Å²) in [5.41, 5.74) is 0. The number of carboxylic acids is 2. The first-order chi connectivity index (χ1) is 10.5. The molecule has 0 fully saturated rings. The standard InChI is InChI=1S/2C9H18O2.Ca/c2*1-2-3-4-5-6-7-8-9(10)11;/h2*2-8H2,1H3,(H,10,11);/q;;+2/p-2. The molecule has 0 aromatic heterocycles. The van der Waals surface area contributed by atoms with Gasteiger partial charge >= 0.3 is 37.7 Å². The van der Waals surface area contributed by atoms with Crippen molar-refractivity contribution in [3.8, 4) is 0 Å². The van der Waals surface area contributed by atoms with Gasteiger partial charge in [-0.25, -0.2) is 0 Å². The van der Waals surface area contributed by atoms with Gasteiger partial charge in [0.15, 0.2) is 0 Å². The maximum absolute atomic E-state index is 9.98. The van der Waals surface area contributed by atoms with Gasteiger partial charge in [0.05, 0.1) is 0 Å².